The molecule has 0 aliphatic rings. The Bertz CT molecular complexity index is 606. The van der Waals surface area contributed by atoms with Gasteiger partial charge in [-0.05, 0) is 32.5 Å². The summed E-state index contributed by atoms with van der Waals surface area (Å²) in [5.74, 6) is 1.44. The number of ether oxygens (including phenoxy) is 1. The van der Waals surface area contributed by atoms with E-state index in [1.165, 1.54) is 5.56 Å². The molecule has 0 atom stereocenters. The maximum atomic E-state index is 5.89. The van der Waals surface area contributed by atoms with Crippen LogP contribution in [0.1, 0.15) is 23.7 Å². The average molecular weight is 268 g/mol. The van der Waals surface area contributed by atoms with Gasteiger partial charge in [-0.2, -0.15) is 0 Å². The third-order valence-corrected chi connectivity index (χ3v) is 3.02. The lowest BCUT2D eigenvalue weighted by Crippen LogP contribution is -2.07. The summed E-state index contributed by atoms with van der Waals surface area (Å²) < 4.78 is 5.89. The molecule has 1 N–H and O–H groups in total. The number of rotatable bonds is 5. The number of allylic oxidation sites excluding steroid dienone is 1. The highest BCUT2D eigenvalue weighted by Gasteiger charge is 2.05. The maximum Gasteiger partial charge on any atom is 0.219 e. The summed E-state index contributed by atoms with van der Waals surface area (Å²) >= 11 is 0. The molecule has 0 fully saturated rings. The lowest BCUT2D eigenvalue weighted by Gasteiger charge is -2.10. The zero-order valence-electron chi connectivity index (χ0n) is 12.2. The summed E-state index contributed by atoms with van der Waals surface area (Å²) in [6, 6.07) is 11.9. The van der Waals surface area contributed by atoms with Crippen molar-refractivity contribution in [3.8, 4) is 11.6 Å². The highest BCUT2D eigenvalue weighted by atomic mass is 16.5. The summed E-state index contributed by atoms with van der Waals surface area (Å²) in [4.78, 5) is 4.50. The monoisotopic (exact) mass is 268 g/mol. The number of pyridine rings is 1. The predicted octanol–water partition coefficient (Wildman–Crippen LogP) is 3.93. The van der Waals surface area contributed by atoms with Crippen LogP contribution in [0.5, 0.6) is 11.6 Å². The van der Waals surface area contributed by atoms with Crippen molar-refractivity contribution in [2.45, 2.75) is 20.4 Å². The van der Waals surface area contributed by atoms with Crippen LogP contribution in [0.25, 0.3) is 6.08 Å². The molecule has 0 radical (unpaired) electrons. The first kappa shape index (κ1) is 14.3. The van der Waals surface area contributed by atoms with Crippen LogP contribution < -0.4 is 10.1 Å². The summed E-state index contributed by atoms with van der Waals surface area (Å²) in [7, 11) is 1.93. The Morgan fingerprint density at radius 1 is 1.20 bits per heavy atom. The van der Waals surface area contributed by atoms with Gasteiger partial charge in [-0.1, -0.05) is 36.4 Å². The topological polar surface area (TPSA) is 34.1 Å². The number of hydrogen-bond donors (Lipinski definition) is 1. The van der Waals surface area contributed by atoms with E-state index >= 15 is 0 Å². The van der Waals surface area contributed by atoms with Crippen LogP contribution in [0.15, 0.2) is 42.5 Å². The third-order valence-electron chi connectivity index (χ3n) is 3.02. The first-order valence-corrected chi connectivity index (χ1v) is 6.75. The lowest BCUT2D eigenvalue weighted by atomic mass is 10.2. The first-order valence-electron chi connectivity index (χ1n) is 6.75. The number of para-hydroxylation sites is 1. The van der Waals surface area contributed by atoms with Crippen molar-refractivity contribution in [1.29, 1.82) is 0 Å². The standard InChI is InChI=1S/C17H20N2O/c1-4-7-14-8-5-6-9-16(14)20-17-11-10-15(12-18-3)13(2)19-17/h4-11,18H,12H2,1-3H3/b7-4+. The molecule has 0 aliphatic carbocycles. The molecular formula is C17H20N2O. The van der Waals surface area contributed by atoms with E-state index in [0.29, 0.717) is 5.88 Å². The van der Waals surface area contributed by atoms with Crippen LogP contribution in [-0.4, -0.2) is 12.0 Å². The van der Waals surface area contributed by atoms with E-state index in [1.807, 2.05) is 69.4 Å². The van der Waals surface area contributed by atoms with Gasteiger partial charge in [0.05, 0.1) is 0 Å². The van der Waals surface area contributed by atoms with Crippen molar-refractivity contribution in [2.24, 2.45) is 0 Å². The molecule has 104 valence electrons. The number of aryl methyl sites for hydroxylation is 1. The molecule has 2 aromatic rings. The van der Waals surface area contributed by atoms with Gasteiger partial charge in [0.1, 0.15) is 5.75 Å². The minimum absolute atomic E-state index is 0.624. The van der Waals surface area contributed by atoms with Crippen molar-refractivity contribution in [3.05, 3.63) is 59.3 Å². The number of nitrogens with zero attached hydrogens (tertiary/aromatic N) is 1. The predicted molar refractivity (Wildman–Crippen MR) is 83.0 cm³/mol. The van der Waals surface area contributed by atoms with Gasteiger partial charge in [0.25, 0.3) is 0 Å². The normalized spacial score (nSPS) is 10.9. The van der Waals surface area contributed by atoms with Crippen LogP contribution in [0.2, 0.25) is 0 Å². The first-order chi connectivity index (χ1) is 9.74. The number of benzene rings is 1. The molecule has 0 saturated heterocycles. The second kappa shape index (κ2) is 6.87. The Hall–Kier alpha value is -2.13. The second-order valence-corrected chi connectivity index (χ2v) is 4.56. The minimum Gasteiger partial charge on any atom is -0.438 e. The van der Waals surface area contributed by atoms with Gasteiger partial charge in [-0.25, -0.2) is 4.98 Å². The molecule has 3 heteroatoms. The van der Waals surface area contributed by atoms with Gasteiger partial charge >= 0.3 is 0 Å². The highest BCUT2D eigenvalue weighted by Crippen LogP contribution is 2.25. The zero-order chi connectivity index (χ0) is 14.4. The molecule has 0 spiro atoms. The Labute approximate surface area is 120 Å². The van der Waals surface area contributed by atoms with Gasteiger partial charge in [-0.15, -0.1) is 0 Å². The molecule has 2 rings (SSSR count). The van der Waals surface area contributed by atoms with Crippen molar-refractivity contribution < 1.29 is 4.74 Å². The zero-order valence-corrected chi connectivity index (χ0v) is 12.2. The fraction of sp³-hybridized carbons (Fsp3) is 0.235. The number of aromatic nitrogens is 1. The quantitative estimate of drug-likeness (QED) is 0.892. The molecule has 0 aliphatic heterocycles. The van der Waals surface area contributed by atoms with Crippen molar-refractivity contribution in [1.82, 2.24) is 10.3 Å². The van der Waals surface area contributed by atoms with Gasteiger partial charge in [0.15, 0.2) is 0 Å². The van der Waals surface area contributed by atoms with E-state index in [-0.39, 0.29) is 0 Å². The average Bonchev–Trinajstić information content (AvgIpc) is 2.44. The van der Waals surface area contributed by atoms with E-state index in [2.05, 4.69) is 10.3 Å². The molecule has 0 unspecified atom stereocenters. The number of nitrogens with one attached hydrogen (secondary N) is 1. The van der Waals surface area contributed by atoms with E-state index < -0.39 is 0 Å². The minimum atomic E-state index is 0.624. The molecule has 1 aromatic carbocycles. The second-order valence-electron chi connectivity index (χ2n) is 4.56. The van der Waals surface area contributed by atoms with Gasteiger partial charge in [0, 0.05) is 23.9 Å². The Kier molecular flexibility index (Phi) is 4.91. The maximum absolute atomic E-state index is 5.89. The molecule has 0 amide bonds. The number of hydrogen-bond acceptors (Lipinski definition) is 3. The van der Waals surface area contributed by atoms with Crippen LogP contribution in [0, 0.1) is 6.92 Å². The van der Waals surface area contributed by atoms with Gasteiger partial charge in [-0.3, -0.25) is 0 Å². The Morgan fingerprint density at radius 2 is 2.00 bits per heavy atom. The van der Waals surface area contributed by atoms with Gasteiger partial charge in [0.2, 0.25) is 5.88 Å². The van der Waals surface area contributed by atoms with Gasteiger partial charge < -0.3 is 10.1 Å². The summed E-state index contributed by atoms with van der Waals surface area (Å²) in [5, 5.41) is 3.13. The van der Waals surface area contributed by atoms with E-state index in [1.54, 1.807) is 0 Å². The Morgan fingerprint density at radius 3 is 2.70 bits per heavy atom. The van der Waals surface area contributed by atoms with E-state index in [9.17, 15) is 0 Å². The lowest BCUT2D eigenvalue weighted by molar-refractivity contribution is 0.460. The molecule has 1 aromatic heterocycles. The fourth-order valence-electron chi connectivity index (χ4n) is 2.00. The van der Waals surface area contributed by atoms with Crippen LogP contribution in [0.3, 0.4) is 0 Å². The summed E-state index contributed by atoms with van der Waals surface area (Å²) in [6.45, 7) is 4.80. The molecule has 1 heterocycles. The van der Waals surface area contributed by atoms with Crippen molar-refractivity contribution in [3.63, 3.8) is 0 Å². The molecular weight excluding hydrogens is 248 g/mol. The smallest absolute Gasteiger partial charge is 0.219 e. The largest absolute Gasteiger partial charge is 0.438 e. The molecule has 20 heavy (non-hydrogen) atoms. The fourth-order valence-corrected chi connectivity index (χ4v) is 2.00. The molecule has 3 nitrogen and oxygen atoms in total. The van der Waals surface area contributed by atoms with Crippen molar-refractivity contribution >= 4 is 6.08 Å². The highest BCUT2D eigenvalue weighted by molar-refractivity contribution is 5.57. The van der Waals surface area contributed by atoms with Crippen molar-refractivity contribution in [2.75, 3.05) is 7.05 Å². The summed E-state index contributed by atoms with van der Waals surface area (Å²) in [6.07, 6.45) is 4.02. The SMILES string of the molecule is C/C=C/c1ccccc1Oc1ccc(CNC)c(C)n1. The van der Waals surface area contributed by atoms with E-state index in [0.717, 1.165) is 23.6 Å². The third kappa shape index (κ3) is 3.45. The van der Waals surface area contributed by atoms with Crippen LogP contribution >= 0.6 is 0 Å². The molecule has 0 bridgehead atoms. The molecule has 0 saturated carbocycles. The van der Waals surface area contributed by atoms with Crippen LogP contribution in [-0.2, 0) is 6.54 Å². The van der Waals surface area contributed by atoms with Crippen LogP contribution in [0.4, 0.5) is 0 Å². The summed E-state index contributed by atoms with van der Waals surface area (Å²) in [5.41, 5.74) is 3.22. The Balaban J connectivity index is 2.24. The van der Waals surface area contributed by atoms with E-state index in [4.69, 9.17) is 4.74 Å².